The van der Waals surface area contributed by atoms with Crippen LogP contribution in [0.25, 0.3) is 0 Å². The summed E-state index contributed by atoms with van der Waals surface area (Å²) in [7, 11) is 0. The van der Waals surface area contributed by atoms with Gasteiger partial charge in [0.2, 0.25) is 0 Å². The second-order valence-corrected chi connectivity index (χ2v) is 4.08. The van der Waals surface area contributed by atoms with E-state index in [1.54, 1.807) is 0 Å². The summed E-state index contributed by atoms with van der Waals surface area (Å²) in [5.41, 5.74) is 0. The lowest BCUT2D eigenvalue weighted by Gasteiger charge is -2.48. The van der Waals surface area contributed by atoms with Gasteiger partial charge in [-0.15, -0.1) is 6.58 Å². The predicted molar refractivity (Wildman–Crippen MR) is 50.0 cm³/mol. The maximum atomic E-state index is 5.72. The molecule has 4 unspecified atom stereocenters. The fraction of sp³-hybridized carbons (Fsp3) is 0.818. The van der Waals surface area contributed by atoms with E-state index in [4.69, 9.17) is 4.74 Å². The maximum absolute atomic E-state index is 5.72. The minimum atomic E-state index is 0.576. The van der Waals surface area contributed by atoms with E-state index in [2.05, 4.69) is 19.6 Å². The number of fused-ring (bicyclic) bond motifs is 2. The summed E-state index contributed by atoms with van der Waals surface area (Å²) in [5, 5.41) is 0. The smallest absolute Gasteiger partial charge is 0.0637 e. The first kappa shape index (κ1) is 8.31. The lowest BCUT2D eigenvalue weighted by Crippen LogP contribution is -2.49. The summed E-state index contributed by atoms with van der Waals surface area (Å²) in [6, 6.07) is 0. The Bertz CT molecular complexity index is 167. The summed E-state index contributed by atoms with van der Waals surface area (Å²) in [6.45, 7) is 6.15. The first-order valence-corrected chi connectivity index (χ1v) is 5.13. The van der Waals surface area contributed by atoms with Crippen LogP contribution >= 0.6 is 0 Å². The number of allylic oxidation sites excluding steroid dienone is 1. The van der Waals surface area contributed by atoms with Crippen LogP contribution in [0.15, 0.2) is 12.7 Å². The van der Waals surface area contributed by atoms with E-state index < -0.39 is 0 Å². The molecule has 2 aliphatic heterocycles. The second-order valence-electron chi connectivity index (χ2n) is 4.08. The molecule has 1 aliphatic carbocycles. The van der Waals surface area contributed by atoms with Crippen molar-refractivity contribution in [3.8, 4) is 0 Å². The molecule has 0 N–H and O–H groups in total. The van der Waals surface area contributed by atoms with Crippen LogP contribution < -0.4 is 0 Å². The van der Waals surface area contributed by atoms with Crippen molar-refractivity contribution in [1.82, 2.24) is 0 Å². The molecular weight excluding hydrogens is 148 g/mol. The normalized spacial score (nSPS) is 41.6. The molecule has 2 bridgehead atoms. The lowest BCUT2D eigenvalue weighted by atomic mass is 9.72. The third-order valence-corrected chi connectivity index (χ3v) is 3.49. The number of rotatable bonds is 3. The van der Waals surface area contributed by atoms with E-state index in [9.17, 15) is 0 Å². The highest BCUT2D eigenvalue weighted by Crippen LogP contribution is 2.43. The van der Waals surface area contributed by atoms with Crippen molar-refractivity contribution in [2.75, 3.05) is 0 Å². The van der Waals surface area contributed by atoms with Gasteiger partial charge in [-0.1, -0.05) is 13.0 Å². The molecule has 4 atom stereocenters. The molecule has 3 fully saturated rings. The third-order valence-electron chi connectivity index (χ3n) is 3.49. The van der Waals surface area contributed by atoms with Crippen molar-refractivity contribution in [3.63, 3.8) is 0 Å². The molecule has 12 heavy (non-hydrogen) atoms. The summed E-state index contributed by atoms with van der Waals surface area (Å²) in [5.74, 6) is 1.47. The van der Waals surface area contributed by atoms with Gasteiger partial charge in [-0.05, 0) is 31.1 Å². The van der Waals surface area contributed by atoms with Crippen LogP contribution in [0.1, 0.15) is 32.6 Å². The SMILES string of the molecule is C=CC(CC)C1CCC2CC1O2. The van der Waals surface area contributed by atoms with Crippen molar-refractivity contribution in [2.24, 2.45) is 11.8 Å². The van der Waals surface area contributed by atoms with Crippen LogP contribution in [0.4, 0.5) is 0 Å². The van der Waals surface area contributed by atoms with Gasteiger partial charge in [0, 0.05) is 6.42 Å². The minimum Gasteiger partial charge on any atom is -0.374 e. The van der Waals surface area contributed by atoms with Gasteiger partial charge in [-0.25, -0.2) is 0 Å². The van der Waals surface area contributed by atoms with Gasteiger partial charge in [0.05, 0.1) is 12.2 Å². The average molecular weight is 166 g/mol. The first-order chi connectivity index (χ1) is 5.85. The Labute approximate surface area is 74.8 Å². The zero-order valence-electron chi connectivity index (χ0n) is 7.83. The second kappa shape index (κ2) is 3.21. The standard InChI is InChI=1S/C11H18O/c1-3-8(4-2)10-6-5-9-7-11(10)12-9/h3,8-11H,1,4-7H2,2H3. The molecule has 3 rings (SSSR count). The molecule has 0 amide bonds. The Balaban J connectivity index is 1.96. The molecule has 1 saturated carbocycles. The third kappa shape index (κ3) is 1.20. The predicted octanol–water partition coefficient (Wildman–Crippen LogP) is 2.77. The van der Waals surface area contributed by atoms with Gasteiger partial charge in [0.25, 0.3) is 0 Å². The molecule has 2 heterocycles. The van der Waals surface area contributed by atoms with Crippen LogP contribution in [0.2, 0.25) is 0 Å². The fourth-order valence-corrected chi connectivity index (χ4v) is 2.66. The molecule has 0 aromatic heterocycles. The number of hydrogen-bond acceptors (Lipinski definition) is 1. The van der Waals surface area contributed by atoms with Crippen molar-refractivity contribution in [2.45, 2.75) is 44.8 Å². The van der Waals surface area contributed by atoms with Crippen LogP contribution in [0.3, 0.4) is 0 Å². The minimum absolute atomic E-state index is 0.576. The number of hydrogen-bond donors (Lipinski definition) is 0. The Kier molecular flexibility index (Phi) is 2.22. The van der Waals surface area contributed by atoms with Crippen molar-refractivity contribution in [1.29, 1.82) is 0 Å². The average Bonchev–Trinajstić information content (AvgIpc) is 2.05. The van der Waals surface area contributed by atoms with E-state index >= 15 is 0 Å². The van der Waals surface area contributed by atoms with Gasteiger partial charge in [-0.3, -0.25) is 0 Å². The van der Waals surface area contributed by atoms with Gasteiger partial charge < -0.3 is 4.74 Å². The van der Waals surface area contributed by atoms with Crippen LogP contribution in [-0.4, -0.2) is 12.2 Å². The molecule has 1 heteroatoms. The molecule has 0 aromatic carbocycles. The molecule has 3 aliphatic rings. The van der Waals surface area contributed by atoms with E-state index in [0.717, 1.165) is 5.92 Å². The highest BCUT2D eigenvalue weighted by Gasteiger charge is 2.43. The topological polar surface area (TPSA) is 9.23 Å². The summed E-state index contributed by atoms with van der Waals surface area (Å²) >= 11 is 0. The zero-order chi connectivity index (χ0) is 8.55. The van der Waals surface area contributed by atoms with Crippen molar-refractivity contribution >= 4 is 0 Å². The summed E-state index contributed by atoms with van der Waals surface area (Å²) < 4.78 is 5.72. The first-order valence-electron chi connectivity index (χ1n) is 5.13. The fourth-order valence-electron chi connectivity index (χ4n) is 2.66. The highest BCUT2D eigenvalue weighted by atomic mass is 16.5. The van der Waals surface area contributed by atoms with Gasteiger partial charge in [0.15, 0.2) is 0 Å². The lowest BCUT2D eigenvalue weighted by molar-refractivity contribution is -0.192. The maximum Gasteiger partial charge on any atom is 0.0637 e. The number of ether oxygens (including phenoxy) is 1. The quantitative estimate of drug-likeness (QED) is 0.586. The van der Waals surface area contributed by atoms with E-state index in [1.165, 1.54) is 25.7 Å². The molecule has 2 saturated heterocycles. The monoisotopic (exact) mass is 166 g/mol. The summed E-state index contributed by atoms with van der Waals surface area (Å²) in [4.78, 5) is 0. The highest BCUT2D eigenvalue weighted by molar-refractivity contribution is 4.96. The summed E-state index contributed by atoms with van der Waals surface area (Å²) in [6.07, 6.45) is 8.49. The Morgan fingerprint density at radius 3 is 2.75 bits per heavy atom. The Morgan fingerprint density at radius 2 is 2.33 bits per heavy atom. The van der Waals surface area contributed by atoms with E-state index in [-0.39, 0.29) is 0 Å². The van der Waals surface area contributed by atoms with Crippen LogP contribution in [0, 0.1) is 11.8 Å². The van der Waals surface area contributed by atoms with Gasteiger partial charge >= 0.3 is 0 Å². The molecule has 0 spiro atoms. The van der Waals surface area contributed by atoms with E-state index in [0.29, 0.717) is 18.1 Å². The van der Waals surface area contributed by atoms with Gasteiger partial charge in [0.1, 0.15) is 0 Å². The largest absolute Gasteiger partial charge is 0.374 e. The zero-order valence-corrected chi connectivity index (χ0v) is 7.83. The Hall–Kier alpha value is -0.300. The molecule has 68 valence electrons. The molecule has 0 aromatic rings. The van der Waals surface area contributed by atoms with Gasteiger partial charge in [-0.2, -0.15) is 0 Å². The van der Waals surface area contributed by atoms with E-state index in [1.807, 2.05) is 0 Å². The molecule has 0 radical (unpaired) electrons. The van der Waals surface area contributed by atoms with Crippen molar-refractivity contribution < 1.29 is 4.74 Å². The van der Waals surface area contributed by atoms with Crippen molar-refractivity contribution in [3.05, 3.63) is 12.7 Å². The van der Waals surface area contributed by atoms with Crippen LogP contribution in [-0.2, 0) is 4.74 Å². The molecule has 1 nitrogen and oxygen atoms in total. The Morgan fingerprint density at radius 1 is 1.58 bits per heavy atom. The van der Waals surface area contributed by atoms with Crippen LogP contribution in [0.5, 0.6) is 0 Å². The molecular formula is C11H18O.